The zero-order valence-corrected chi connectivity index (χ0v) is 10.8. The quantitative estimate of drug-likeness (QED) is 0.390. The van der Waals surface area contributed by atoms with Gasteiger partial charge in [0.05, 0.1) is 12.2 Å². The van der Waals surface area contributed by atoms with Gasteiger partial charge in [-0.3, -0.25) is 24.6 Å². The fourth-order valence-corrected chi connectivity index (χ4v) is 1.71. The van der Waals surface area contributed by atoms with Gasteiger partial charge in [-0.05, 0) is 12.1 Å². The maximum absolute atomic E-state index is 11.6. The summed E-state index contributed by atoms with van der Waals surface area (Å²) in [7, 11) is 0. The van der Waals surface area contributed by atoms with Crippen molar-refractivity contribution in [2.24, 2.45) is 5.84 Å². The second-order valence-corrected chi connectivity index (χ2v) is 4.26. The lowest BCUT2D eigenvalue weighted by molar-refractivity contribution is 0.0948. The third kappa shape index (κ3) is 2.92. The molecule has 0 saturated heterocycles. The highest BCUT2D eigenvalue weighted by atomic mass is 35.5. The Kier molecular flexibility index (Phi) is 3.97. The maximum atomic E-state index is 11.6. The number of rotatable bonds is 3. The Bertz CT molecular complexity index is 767. The molecule has 0 aliphatic carbocycles. The van der Waals surface area contributed by atoms with Gasteiger partial charge in [-0.2, -0.15) is 0 Å². The largest absolute Gasteiger partial charge is 0.328 e. The number of hydrogen-bond donors (Lipinski definition) is 3. The molecule has 0 unspecified atom stereocenters. The number of nitrogens with two attached hydrogens (primary N) is 1. The standard InChI is InChI=1S/C11H10ClN5O3/c12-7-5-17(11(20)15-9(7)18)4-6-2-1-3-8(14-6)10(19)16-13/h1-3,5H,4,13H2,(H,16,19)(H,15,18,20). The van der Waals surface area contributed by atoms with Crippen LogP contribution in [0, 0.1) is 0 Å². The Balaban J connectivity index is 2.36. The van der Waals surface area contributed by atoms with Crippen molar-refractivity contribution in [2.75, 3.05) is 0 Å². The first-order chi connectivity index (χ1) is 9.51. The van der Waals surface area contributed by atoms with Gasteiger partial charge in [0, 0.05) is 6.20 Å². The first-order valence-corrected chi connectivity index (χ1v) is 5.85. The number of halogens is 1. The van der Waals surface area contributed by atoms with Crippen molar-refractivity contribution >= 4 is 17.5 Å². The van der Waals surface area contributed by atoms with Crippen molar-refractivity contribution in [1.29, 1.82) is 0 Å². The Morgan fingerprint density at radius 1 is 1.45 bits per heavy atom. The van der Waals surface area contributed by atoms with Gasteiger partial charge in [0.2, 0.25) is 0 Å². The van der Waals surface area contributed by atoms with E-state index < -0.39 is 17.2 Å². The van der Waals surface area contributed by atoms with Crippen LogP contribution in [0.4, 0.5) is 0 Å². The van der Waals surface area contributed by atoms with Crippen LogP contribution in [0.25, 0.3) is 0 Å². The molecule has 8 nitrogen and oxygen atoms in total. The SMILES string of the molecule is NNC(=O)c1cccc(Cn2cc(Cl)c(=O)[nH]c2=O)n1. The van der Waals surface area contributed by atoms with Crippen molar-refractivity contribution in [3.63, 3.8) is 0 Å². The van der Waals surface area contributed by atoms with Crippen LogP contribution in [0.3, 0.4) is 0 Å². The van der Waals surface area contributed by atoms with E-state index in [-0.39, 0.29) is 17.3 Å². The third-order valence-corrected chi connectivity index (χ3v) is 2.74. The minimum atomic E-state index is -0.655. The molecular formula is C11H10ClN5O3. The van der Waals surface area contributed by atoms with E-state index in [2.05, 4.69) is 9.97 Å². The number of nitrogens with zero attached hydrogens (tertiary/aromatic N) is 2. The number of H-pyrrole nitrogens is 1. The molecule has 2 aromatic heterocycles. The van der Waals surface area contributed by atoms with E-state index in [1.54, 1.807) is 12.1 Å². The summed E-state index contributed by atoms with van der Waals surface area (Å²) in [6, 6.07) is 4.71. The fraction of sp³-hybridized carbons (Fsp3) is 0.0909. The number of carbonyl (C=O) groups is 1. The summed E-state index contributed by atoms with van der Waals surface area (Å²) in [6.07, 6.45) is 1.21. The second-order valence-electron chi connectivity index (χ2n) is 3.85. The average Bonchev–Trinajstić information content (AvgIpc) is 2.44. The van der Waals surface area contributed by atoms with E-state index in [1.807, 2.05) is 5.43 Å². The monoisotopic (exact) mass is 295 g/mol. The van der Waals surface area contributed by atoms with E-state index in [9.17, 15) is 14.4 Å². The van der Waals surface area contributed by atoms with Gasteiger partial charge in [0.1, 0.15) is 10.7 Å². The molecule has 0 aliphatic heterocycles. The van der Waals surface area contributed by atoms with Gasteiger partial charge in [0.15, 0.2) is 0 Å². The Hall–Kier alpha value is -2.45. The molecule has 9 heteroatoms. The molecule has 20 heavy (non-hydrogen) atoms. The van der Waals surface area contributed by atoms with Crippen LogP contribution >= 0.6 is 11.6 Å². The summed E-state index contributed by atoms with van der Waals surface area (Å²) < 4.78 is 1.18. The van der Waals surface area contributed by atoms with Crippen molar-refractivity contribution in [3.8, 4) is 0 Å². The molecule has 4 N–H and O–H groups in total. The highest BCUT2D eigenvalue weighted by Crippen LogP contribution is 2.02. The zero-order chi connectivity index (χ0) is 14.7. The lowest BCUT2D eigenvalue weighted by Gasteiger charge is -2.06. The number of hydrazine groups is 1. The van der Waals surface area contributed by atoms with Crippen molar-refractivity contribution in [2.45, 2.75) is 6.54 Å². The first-order valence-electron chi connectivity index (χ1n) is 5.47. The molecular weight excluding hydrogens is 286 g/mol. The number of aromatic nitrogens is 3. The van der Waals surface area contributed by atoms with Crippen LogP contribution in [0.2, 0.25) is 5.02 Å². The highest BCUT2D eigenvalue weighted by molar-refractivity contribution is 6.30. The predicted molar refractivity (Wildman–Crippen MR) is 71.3 cm³/mol. The molecule has 2 rings (SSSR count). The highest BCUT2D eigenvalue weighted by Gasteiger charge is 2.08. The Morgan fingerprint density at radius 3 is 2.90 bits per heavy atom. The number of carbonyl (C=O) groups excluding carboxylic acids is 1. The molecule has 0 aromatic carbocycles. The predicted octanol–water partition coefficient (Wildman–Crippen LogP) is -0.763. The first kappa shape index (κ1) is 14.0. The average molecular weight is 296 g/mol. The molecule has 0 bridgehead atoms. The lowest BCUT2D eigenvalue weighted by Crippen LogP contribution is -2.32. The zero-order valence-electron chi connectivity index (χ0n) is 10.1. The lowest BCUT2D eigenvalue weighted by atomic mass is 10.3. The number of pyridine rings is 1. The fourth-order valence-electron chi connectivity index (χ4n) is 1.54. The van der Waals surface area contributed by atoms with Gasteiger partial charge < -0.3 is 0 Å². The minimum Gasteiger partial charge on any atom is -0.293 e. The molecule has 0 spiro atoms. The summed E-state index contributed by atoms with van der Waals surface area (Å²) in [6.45, 7) is 0.0566. The normalized spacial score (nSPS) is 10.3. The van der Waals surface area contributed by atoms with Gasteiger partial charge in [-0.15, -0.1) is 0 Å². The number of amides is 1. The molecule has 0 atom stereocenters. The maximum Gasteiger partial charge on any atom is 0.328 e. The van der Waals surface area contributed by atoms with Crippen molar-refractivity contribution in [1.82, 2.24) is 20.0 Å². The van der Waals surface area contributed by atoms with Crippen LogP contribution in [-0.2, 0) is 6.54 Å². The molecule has 0 radical (unpaired) electrons. The van der Waals surface area contributed by atoms with E-state index in [4.69, 9.17) is 17.4 Å². The third-order valence-electron chi connectivity index (χ3n) is 2.47. The molecule has 2 aromatic rings. The summed E-state index contributed by atoms with van der Waals surface area (Å²) >= 11 is 5.65. The van der Waals surface area contributed by atoms with Crippen LogP contribution in [0.15, 0.2) is 34.0 Å². The molecule has 2 heterocycles. The molecule has 104 valence electrons. The Morgan fingerprint density at radius 2 is 2.20 bits per heavy atom. The van der Waals surface area contributed by atoms with Gasteiger partial charge >= 0.3 is 5.69 Å². The number of nitrogen functional groups attached to an aromatic ring is 1. The van der Waals surface area contributed by atoms with Gasteiger partial charge in [-0.1, -0.05) is 17.7 Å². The van der Waals surface area contributed by atoms with E-state index >= 15 is 0 Å². The number of hydrogen-bond acceptors (Lipinski definition) is 5. The van der Waals surface area contributed by atoms with Crippen LogP contribution in [0.5, 0.6) is 0 Å². The van der Waals surface area contributed by atoms with E-state index in [1.165, 1.54) is 16.8 Å². The summed E-state index contributed by atoms with van der Waals surface area (Å²) in [5, 5.41) is -0.111. The van der Waals surface area contributed by atoms with E-state index in [0.717, 1.165) is 0 Å². The smallest absolute Gasteiger partial charge is 0.293 e. The summed E-state index contributed by atoms with van der Waals surface area (Å²) in [5.74, 6) is 4.47. The minimum absolute atomic E-state index is 0.0566. The molecule has 0 saturated carbocycles. The molecule has 1 amide bonds. The topological polar surface area (TPSA) is 123 Å². The number of nitrogens with one attached hydrogen (secondary N) is 2. The summed E-state index contributed by atoms with van der Waals surface area (Å²) in [4.78, 5) is 40.2. The van der Waals surface area contributed by atoms with Crippen LogP contribution < -0.4 is 22.5 Å². The van der Waals surface area contributed by atoms with Crippen LogP contribution in [0.1, 0.15) is 16.2 Å². The summed E-state index contributed by atoms with van der Waals surface area (Å²) in [5.41, 5.74) is 1.25. The molecule has 0 fully saturated rings. The van der Waals surface area contributed by atoms with Crippen molar-refractivity contribution in [3.05, 3.63) is 61.6 Å². The van der Waals surface area contributed by atoms with Gasteiger partial charge in [0.25, 0.3) is 11.5 Å². The van der Waals surface area contributed by atoms with Crippen LogP contribution in [-0.4, -0.2) is 20.4 Å². The second kappa shape index (κ2) is 5.68. The van der Waals surface area contributed by atoms with E-state index in [0.29, 0.717) is 5.69 Å². The molecule has 0 aliphatic rings. The Labute approximate surface area is 117 Å². The number of aromatic amines is 1. The van der Waals surface area contributed by atoms with Gasteiger partial charge in [-0.25, -0.2) is 15.6 Å². The van der Waals surface area contributed by atoms with Crippen molar-refractivity contribution < 1.29 is 4.79 Å².